The molecule has 2 aromatic carbocycles. The van der Waals surface area contributed by atoms with Crippen LogP contribution in [0.5, 0.6) is 5.75 Å². The van der Waals surface area contributed by atoms with E-state index < -0.39 is 12.7 Å². The standard InChI is InChI=1S/C22H28F2N4O3.HI/c1-3-25-22(26-13-12-16-4-8-18(9-5-16)28-15(2)29)27-14-20(30)17-6-10-19(11-7-17)31-21(23)24;/h4-11,20-21,30H,3,12-14H2,1-2H3,(H,28,29)(H2,25,26,27);1H. The summed E-state index contributed by atoms with van der Waals surface area (Å²) in [5.74, 6) is 0.490. The van der Waals surface area contributed by atoms with Gasteiger partial charge in [0, 0.05) is 25.7 Å². The fraction of sp³-hybridized carbons (Fsp3) is 0.364. The van der Waals surface area contributed by atoms with Crippen LogP contribution in [0.4, 0.5) is 14.5 Å². The van der Waals surface area contributed by atoms with Gasteiger partial charge in [-0.2, -0.15) is 8.78 Å². The maximum absolute atomic E-state index is 12.2. The van der Waals surface area contributed by atoms with Crippen LogP contribution in [0, 0.1) is 0 Å². The molecule has 2 rings (SSSR count). The van der Waals surface area contributed by atoms with Gasteiger partial charge in [0.25, 0.3) is 0 Å². The minimum Gasteiger partial charge on any atom is -0.435 e. The van der Waals surface area contributed by atoms with Crippen molar-refractivity contribution < 1.29 is 23.4 Å². The van der Waals surface area contributed by atoms with Crippen molar-refractivity contribution in [2.45, 2.75) is 33.0 Å². The number of halogens is 3. The average Bonchev–Trinajstić information content (AvgIpc) is 2.72. The Bertz CT molecular complexity index is 849. The first-order valence-electron chi connectivity index (χ1n) is 9.99. The van der Waals surface area contributed by atoms with Gasteiger partial charge in [-0.1, -0.05) is 24.3 Å². The molecule has 0 bridgehead atoms. The number of aliphatic hydroxyl groups excluding tert-OH is 1. The van der Waals surface area contributed by atoms with Gasteiger partial charge in [0.15, 0.2) is 5.96 Å². The predicted octanol–water partition coefficient (Wildman–Crippen LogP) is 3.70. The third-order valence-electron chi connectivity index (χ3n) is 4.24. The summed E-state index contributed by atoms with van der Waals surface area (Å²) in [6, 6.07) is 13.4. The smallest absolute Gasteiger partial charge is 0.387 e. The number of guanidine groups is 1. The van der Waals surface area contributed by atoms with E-state index in [1.807, 2.05) is 31.2 Å². The molecule has 0 saturated carbocycles. The normalized spacial score (nSPS) is 12.0. The number of nitrogens with one attached hydrogen (secondary N) is 3. The first-order valence-corrected chi connectivity index (χ1v) is 9.99. The summed E-state index contributed by atoms with van der Waals surface area (Å²) in [4.78, 5) is 15.5. The molecular weight excluding hydrogens is 533 g/mol. The molecule has 2 aromatic rings. The summed E-state index contributed by atoms with van der Waals surface area (Å²) < 4.78 is 28.7. The number of aliphatic hydroxyl groups is 1. The van der Waals surface area contributed by atoms with Crippen LogP contribution >= 0.6 is 24.0 Å². The SMILES string of the molecule is CCNC(=NCC(O)c1ccc(OC(F)F)cc1)NCCc1ccc(NC(C)=O)cc1.I. The Morgan fingerprint density at radius 3 is 2.31 bits per heavy atom. The molecular formula is C22H29F2IN4O3. The molecule has 32 heavy (non-hydrogen) atoms. The molecule has 0 radical (unpaired) electrons. The molecule has 0 spiro atoms. The Morgan fingerprint density at radius 2 is 1.75 bits per heavy atom. The second-order valence-corrected chi connectivity index (χ2v) is 6.74. The lowest BCUT2D eigenvalue weighted by atomic mass is 10.1. The maximum Gasteiger partial charge on any atom is 0.387 e. The summed E-state index contributed by atoms with van der Waals surface area (Å²) in [6.45, 7) is 1.91. The van der Waals surface area contributed by atoms with E-state index in [4.69, 9.17) is 0 Å². The minimum atomic E-state index is -2.88. The maximum atomic E-state index is 12.2. The van der Waals surface area contributed by atoms with Crippen LogP contribution in [-0.2, 0) is 11.2 Å². The number of amides is 1. The van der Waals surface area contributed by atoms with Crippen molar-refractivity contribution in [1.82, 2.24) is 10.6 Å². The third kappa shape index (κ3) is 10.2. The van der Waals surface area contributed by atoms with Gasteiger partial charge < -0.3 is 25.8 Å². The zero-order valence-corrected chi connectivity index (χ0v) is 20.3. The summed E-state index contributed by atoms with van der Waals surface area (Å²) in [5.41, 5.74) is 2.41. The molecule has 0 aliphatic heterocycles. The van der Waals surface area contributed by atoms with Crippen LogP contribution in [0.3, 0.4) is 0 Å². The fourth-order valence-corrected chi connectivity index (χ4v) is 2.78. The quantitative estimate of drug-likeness (QED) is 0.201. The van der Waals surface area contributed by atoms with E-state index in [9.17, 15) is 18.7 Å². The topological polar surface area (TPSA) is 95.0 Å². The van der Waals surface area contributed by atoms with Crippen LogP contribution in [0.1, 0.15) is 31.1 Å². The fourth-order valence-electron chi connectivity index (χ4n) is 2.78. The van der Waals surface area contributed by atoms with E-state index in [2.05, 4.69) is 25.7 Å². The second kappa shape index (κ2) is 14.6. The van der Waals surface area contributed by atoms with Crippen molar-refractivity contribution in [1.29, 1.82) is 0 Å². The van der Waals surface area contributed by atoms with Crippen molar-refractivity contribution in [3.05, 3.63) is 59.7 Å². The molecule has 1 unspecified atom stereocenters. The van der Waals surface area contributed by atoms with E-state index in [0.717, 1.165) is 17.7 Å². The Kier molecular flexibility index (Phi) is 12.5. The van der Waals surface area contributed by atoms with Crippen molar-refractivity contribution in [2.75, 3.05) is 25.0 Å². The second-order valence-electron chi connectivity index (χ2n) is 6.74. The van der Waals surface area contributed by atoms with Crippen LogP contribution in [0.2, 0.25) is 0 Å². The Hall–Kier alpha value is -2.47. The highest BCUT2D eigenvalue weighted by atomic mass is 127. The molecule has 1 amide bonds. The monoisotopic (exact) mass is 562 g/mol. The lowest BCUT2D eigenvalue weighted by Crippen LogP contribution is -2.38. The summed E-state index contributed by atoms with van der Waals surface area (Å²) in [7, 11) is 0. The molecule has 176 valence electrons. The molecule has 0 saturated heterocycles. The zero-order chi connectivity index (χ0) is 22.6. The minimum absolute atomic E-state index is 0. The van der Waals surface area contributed by atoms with E-state index in [1.165, 1.54) is 31.2 Å². The third-order valence-corrected chi connectivity index (χ3v) is 4.24. The summed E-state index contributed by atoms with van der Waals surface area (Å²) in [6.07, 6.45) is -0.129. The summed E-state index contributed by atoms with van der Waals surface area (Å²) in [5, 5.41) is 19.4. The molecule has 0 aliphatic carbocycles. The largest absolute Gasteiger partial charge is 0.435 e. The molecule has 0 aliphatic rings. The number of aliphatic imine (C=N–C) groups is 1. The number of carbonyl (C=O) groups excluding carboxylic acids is 1. The van der Waals surface area contributed by atoms with Gasteiger partial charge in [0.1, 0.15) is 5.75 Å². The number of rotatable bonds is 10. The van der Waals surface area contributed by atoms with E-state index in [1.54, 1.807) is 0 Å². The van der Waals surface area contributed by atoms with Gasteiger partial charge in [0.05, 0.1) is 12.6 Å². The number of alkyl halides is 2. The number of anilines is 1. The highest BCUT2D eigenvalue weighted by Gasteiger charge is 2.09. The molecule has 10 heteroatoms. The molecule has 0 aromatic heterocycles. The van der Waals surface area contributed by atoms with Crippen LogP contribution in [-0.4, -0.2) is 43.2 Å². The van der Waals surface area contributed by atoms with Crippen molar-refractivity contribution >= 4 is 41.5 Å². The van der Waals surface area contributed by atoms with E-state index in [-0.39, 0.29) is 42.2 Å². The highest BCUT2D eigenvalue weighted by Crippen LogP contribution is 2.19. The number of hydrogen-bond donors (Lipinski definition) is 4. The van der Waals surface area contributed by atoms with Gasteiger partial charge in [-0.25, -0.2) is 0 Å². The van der Waals surface area contributed by atoms with Crippen molar-refractivity contribution in [2.24, 2.45) is 4.99 Å². The first-order chi connectivity index (χ1) is 14.9. The zero-order valence-electron chi connectivity index (χ0n) is 18.0. The first kappa shape index (κ1) is 27.6. The van der Waals surface area contributed by atoms with E-state index >= 15 is 0 Å². The number of hydrogen-bond acceptors (Lipinski definition) is 4. The Morgan fingerprint density at radius 1 is 1.09 bits per heavy atom. The van der Waals surface area contributed by atoms with Gasteiger partial charge in [-0.3, -0.25) is 9.79 Å². The molecule has 0 fully saturated rings. The number of benzene rings is 2. The van der Waals surface area contributed by atoms with Crippen LogP contribution in [0.25, 0.3) is 0 Å². The van der Waals surface area contributed by atoms with Gasteiger partial charge >= 0.3 is 6.61 Å². The molecule has 0 heterocycles. The van der Waals surface area contributed by atoms with Crippen molar-refractivity contribution in [3.8, 4) is 5.75 Å². The lowest BCUT2D eigenvalue weighted by Gasteiger charge is -2.14. The van der Waals surface area contributed by atoms with Crippen LogP contribution < -0.4 is 20.7 Å². The lowest BCUT2D eigenvalue weighted by molar-refractivity contribution is -0.114. The van der Waals surface area contributed by atoms with Crippen molar-refractivity contribution in [3.63, 3.8) is 0 Å². The van der Waals surface area contributed by atoms with Gasteiger partial charge in [-0.05, 0) is 48.7 Å². The van der Waals surface area contributed by atoms with Gasteiger partial charge in [-0.15, -0.1) is 24.0 Å². The summed E-state index contributed by atoms with van der Waals surface area (Å²) >= 11 is 0. The number of carbonyl (C=O) groups is 1. The Balaban J connectivity index is 0.00000512. The predicted molar refractivity (Wildman–Crippen MR) is 132 cm³/mol. The molecule has 7 nitrogen and oxygen atoms in total. The average molecular weight is 562 g/mol. The van der Waals surface area contributed by atoms with Crippen LogP contribution in [0.15, 0.2) is 53.5 Å². The molecule has 4 N–H and O–H groups in total. The Labute approximate surface area is 203 Å². The number of ether oxygens (including phenoxy) is 1. The van der Waals surface area contributed by atoms with Gasteiger partial charge in [0.2, 0.25) is 5.91 Å². The highest BCUT2D eigenvalue weighted by molar-refractivity contribution is 14.0. The van der Waals surface area contributed by atoms with E-state index in [0.29, 0.717) is 24.6 Å². The molecule has 1 atom stereocenters. The number of nitrogens with zero attached hydrogens (tertiary/aromatic N) is 1.